The highest BCUT2D eigenvalue weighted by Crippen LogP contribution is 2.25. The SMILES string of the molecule is O=C(Nc1cccc2ccccc12)N1CCCCC1CCO. The molecule has 0 aromatic heterocycles. The van der Waals surface area contributed by atoms with Gasteiger partial charge in [0.2, 0.25) is 0 Å². The molecule has 1 fully saturated rings. The second kappa shape index (κ2) is 6.79. The van der Waals surface area contributed by atoms with Gasteiger partial charge in [-0.15, -0.1) is 0 Å². The number of rotatable bonds is 3. The molecule has 1 unspecified atom stereocenters. The lowest BCUT2D eigenvalue weighted by atomic mass is 10.00. The standard InChI is InChI=1S/C18H22N2O2/c21-13-11-15-8-3-4-12-20(15)18(22)19-17-10-5-7-14-6-1-2-9-16(14)17/h1-2,5-7,9-10,15,21H,3-4,8,11-13H2,(H,19,22). The van der Waals surface area contributed by atoms with E-state index in [1.54, 1.807) is 0 Å². The fourth-order valence-corrected chi connectivity index (χ4v) is 3.24. The minimum Gasteiger partial charge on any atom is -0.396 e. The third kappa shape index (κ3) is 3.07. The number of hydrogen-bond acceptors (Lipinski definition) is 2. The fourth-order valence-electron chi connectivity index (χ4n) is 3.24. The molecule has 3 rings (SSSR count). The number of urea groups is 1. The van der Waals surface area contributed by atoms with Gasteiger partial charge in [-0.2, -0.15) is 0 Å². The minimum absolute atomic E-state index is 0.0606. The van der Waals surface area contributed by atoms with Crippen LogP contribution in [0.2, 0.25) is 0 Å². The van der Waals surface area contributed by atoms with Gasteiger partial charge in [-0.3, -0.25) is 0 Å². The Kier molecular flexibility index (Phi) is 4.59. The number of carbonyl (C=O) groups excluding carboxylic acids is 1. The van der Waals surface area contributed by atoms with Gasteiger partial charge >= 0.3 is 6.03 Å². The summed E-state index contributed by atoms with van der Waals surface area (Å²) in [6.45, 7) is 0.893. The van der Waals surface area contributed by atoms with Gasteiger partial charge in [0.15, 0.2) is 0 Å². The Labute approximate surface area is 130 Å². The highest BCUT2D eigenvalue weighted by molar-refractivity contribution is 6.01. The van der Waals surface area contributed by atoms with Crippen LogP contribution in [0, 0.1) is 0 Å². The van der Waals surface area contributed by atoms with Crippen LogP contribution < -0.4 is 5.32 Å². The summed E-state index contributed by atoms with van der Waals surface area (Å²) in [5.74, 6) is 0. The number of carbonyl (C=O) groups is 1. The molecule has 0 aliphatic carbocycles. The summed E-state index contributed by atoms with van der Waals surface area (Å²) in [4.78, 5) is 14.5. The van der Waals surface area contributed by atoms with Crippen LogP contribution in [-0.4, -0.2) is 35.2 Å². The molecular formula is C18H22N2O2. The highest BCUT2D eigenvalue weighted by atomic mass is 16.3. The number of aliphatic hydroxyl groups is 1. The number of piperidine rings is 1. The van der Waals surface area contributed by atoms with Gasteiger partial charge in [0.05, 0.1) is 5.69 Å². The van der Waals surface area contributed by atoms with Gasteiger partial charge in [0.1, 0.15) is 0 Å². The Bertz CT molecular complexity index is 649. The Hall–Kier alpha value is -2.07. The third-order valence-electron chi connectivity index (χ3n) is 4.38. The predicted octanol–water partition coefficient (Wildman–Crippen LogP) is 3.61. The zero-order valence-electron chi connectivity index (χ0n) is 12.7. The molecule has 0 radical (unpaired) electrons. The van der Waals surface area contributed by atoms with Crippen LogP contribution in [0.3, 0.4) is 0 Å². The zero-order chi connectivity index (χ0) is 15.4. The average Bonchev–Trinajstić information content (AvgIpc) is 2.56. The van der Waals surface area contributed by atoms with Crippen molar-refractivity contribution < 1.29 is 9.90 Å². The molecule has 2 aromatic rings. The lowest BCUT2D eigenvalue weighted by Crippen LogP contribution is -2.46. The monoisotopic (exact) mass is 298 g/mol. The molecule has 4 nitrogen and oxygen atoms in total. The Morgan fingerprint density at radius 2 is 2.00 bits per heavy atom. The molecule has 116 valence electrons. The molecule has 2 amide bonds. The summed E-state index contributed by atoms with van der Waals surface area (Å²) >= 11 is 0. The summed E-state index contributed by atoms with van der Waals surface area (Å²) in [7, 11) is 0. The van der Waals surface area contributed by atoms with Crippen LogP contribution in [0.15, 0.2) is 42.5 Å². The van der Waals surface area contributed by atoms with Crippen LogP contribution in [0.1, 0.15) is 25.7 Å². The molecule has 1 aliphatic heterocycles. The van der Waals surface area contributed by atoms with Crippen LogP contribution in [0.25, 0.3) is 10.8 Å². The second-order valence-corrected chi connectivity index (χ2v) is 5.81. The Balaban J connectivity index is 1.80. The van der Waals surface area contributed by atoms with E-state index in [9.17, 15) is 9.90 Å². The Morgan fingerprint density at radius 1 is 1.18 bits per heavy atom. The van der Waals surface area contributed by atoms with Crippen LogP contribution in [0.5, 0.6) is 0 Å². The van der Waals surface area contributed by atoms with Crippen molar-refractivity contribution in [3.8, 4) is 0 Å². The maximum atomic E-state index is 12.6. The van der Waals surface area contributed by atoms with Crippen molar-refractivity contribution in [2.24, 2.45) is 0 Å². The first-order valence-electron chi connectivity index (χ1n) is 7.96. The molecule has 1 aliphatic rings. The van der Waals surface area contributed by atoms with Gasteiger partial charge in [-0.1, -0.05) is 36.4 Å². The van der Waals surface area contributed by atoms with E-state index in [4.69, 9.17) is 0 Å². The van der Waals surface area contributed by atoms with E-state index in [-0.39, 0.29) is 18.7 Å². The molecular weight excluding hydrogens is 276 g/mol. The van der Waals surface area contributed by atoms with Gasteiger partial charge in [0, 0.05) is 24.6 Å². The molecule has 0 bridgehead atoms. The maximum Gasteiger partial charge on any atom is 0.322 e. The zero-order valence-corrected chi connectivity index (χ0v) is 12.7. The normalized spacial score (nSPS) is 18.4. The van der Waals surface area contributed by atoms with Crippen molar-refractivity contribution >= 4 is 22.5 Å². The highest BCUT2D eigenvalue weighted by Gasteiger charge is 2.26. The lowest BCUT2D eigenvalue weighted by molar-refractivity contribution is 0.141. The summed E-state index contributed by atoms with van der Waals surface area (Å²) < 4.78 is 0. The number of nitrogens with one attached hydrogen (secondary N) is 1. The molecule has 0 spiro atoms. The van der Waals surface area contributed by atoms with E-state index in [1.165, 1.54) is 0 Å². The molecule has 1 heterocycles. The van der Waals surface area contributed by atoms with Gasteiger partial charge in [0.25, 0.3) is 0 Å². The van der Waals surface area contributed by atoms with E-state index in [0.29, 0.717) is 6.42 Å². The van der Waals surface area contributed by atoms with Crippen LogP contribution >= 0.6 is 0 Å². The number of anilines is 1. The van der Waals surface area contributed by atoms with Crippen molar-refractivity contribution in [1.29, 1.82) is 0 Å². The Morgan fingerprint density at radius 3 is 2.86 bits per heavy atom. The summed E-state index contributed by atoms with van der Waals surface area (Å²) in [5, 5.41) is 14.4. The number of benzene rings is 2. The predicted molar refractivity (Wildman–Crippen MR) is 89.0 cm³/mol. The molecule has 4 heteroatoms. The number of aliphatic hydroxyl groups excluding tert-OH is 1. The number of likely N-dealkylation sites (tertiary alicyclic amines) is 1. The number of hydrogen-bond donors (Lipinski definition) is 2. The smallest absolute Gasteiger partial charge is 0.322 e. The first-order valence-corrected chi connectivity index (χ1v) is 7.96. The molecule has 22 heavy (non-hydrogen) atoms. The van der Waals surface area contributed by atoms with E-state index in [0.717, 1.165) is 42.3 Å². The molecule has 2 N–H and O–H groups in total. The molecule has 1 saturated heterocycles. The van der Waals surface area contributed by atoms with Gasteiger partial charge in [-0.25, -0.2) is 4.79 Å². The van der Waals surface area contributed by atoms with Crippen LogP contribution in [-0.2, 0) is 0 Å². The number of nitrogens with zero attached hydrogens (tertiary/aromatic N) is 1. The van der Waals surface area contributed by atoms with E-state index in [1.807, 2.05) is 47.4 Å². The van der Waals surface area contributed by atoms with Crippen molar-refractivity contribution in [1.82, 2.24) is 4.90 Å². The largest absolute Gasteiger partial charge is 0.396 e. The fraction of sp³-hybridized carbons (Fsp3) is 0.389. The number of amides is 2. The summed E-state index contributed by atoms with van der Waals surface area (Å²) in [6, 6.07) is 14.1. The van der Waals surface area contributed by atoms with Gasteiger partial charge in [-0.05, 0) is 37.1 Å². The van der Waals surface area contributed by atoms with E-state index in [2.05, 4.69) is 5.32 Å². The first-order chi connectivity index (χ1) is 10.8. The quantitative estimate of drug-likeness (QED) is 0.909. The van der Waals surface area contributed by atoms with Crippen LogP contribution in [0.4, 0.5) is 10.5 Å². The second-order valence-electron chi connectivity index (χ2n) is 5.81. The maximum absolute atomic E-state index is 12.6. The molecule has 2 aromatic carbocycles. The third-order valence-corrected chi connectivity index (χ3v) is 4.38. The minimum atomic E-state index is -0.0606. The van der Waals surface area contributed by atoms with Crippen molar-refractivity contribution in [2.45, 2.75) is 31.7 Å². The van der Waals surface area contributed by atoms with E-state index >= 15 is 0 Å². The van der Waals surface area contributed by atoms with E-state index < -0.39 is 0 Å². The van der Waals surface area contributed by atoms with Crippen molar-refractivity contribution in [3.05, 3.63) is 42.5 Å². The molecule has 1 atom stereocenters. The summed E-state index contributed by atoms with van der Waals surface area (Å²) in [5.41, 5.74) is 0.844. The summed E-state index contributed by atoms with van der Waals surface area (Å²) in [6.07, 6.45) is 3.79. The van der Waals surface area contributed by atoms with Gasteiger partial charge < -0.3 is 15.3 Å². The topological polar surface area (TPSA) is 52.6 Å². The first kappa shape index (κ1) is 14.9. The lowest BCUT2D eigenvalue weighted by Gasteiger charge is -2.35. The van der Waals surface area contributed by atoms with Crippen molar-refractivity contribution in [2.75, 3.05) is 18.5 Å². The molecule has 0 saturated carbocycles. The number of fused-ring (bicyclic) bond motifs is 1. The van der Waals surface area contributed by atoms with Crippen molar-refractivity contribution in [3.63, 3.8) is 0 Å². The average molecular weight is 298 g/mol.